The molecule has 0 N–H and O–H groups in total. The fourth-order valence-corrected chi connectivity index (χ4v) is 2.47. The van der Waals surface area contributed by atoms with Crippen molar-refractivity contribution >= 4 is 5.97 Å². The van der Waals surface area contributed by atoms with Crippen molar-refractivity contribution < 1.29 is 9.53 Å². The van der Waals surface area contributed by atoms with Gasteiger partial charge >= 0.3 is 5.97 Å². The van der Waals surface area contributed by atoms with Gasteiger partial charge in [0.2, 0.25) is 0 Å². The minimum Gasteiger partial charge on any atom is -0.462 e. The third kappa shape index (κ3) is 12.6. The fraction of sp³-hybridized carbons (Fsp3) is 0.842. The molecule has 0 aromatic heterocycles. The topological polar surface area (TPSA) is 26.3 Å². The van der Waals surface area contributed by atoms with Gasteiger partial charge in [0.25, 0.3) is 0 Å². The average Bonchev–Trinajstić information content (AvgIpc) is 2.48. The zero-order chi connectivity index (χ0) is 15.9. The molecule has 0 fully saturated rings. The summed E-state index contributed by atoms with van der Waals surface area (Å²) in [6, 6.07) is 0. The zero-order valence-corrected chi connectivity index (χ0v) is 14.6. The van der Waals surface area contributed by atoms with Crippen LogP contribution in [0.1, 0.15) is 91.4 Å². The molecule has 0 aromatic carbocycles. The van der Waals surface area contributed by atoms with Gasteiger partial charge in [0.1, 0.15) is 0 Å². The maximum absolute atomic E-state index is 11.4. The number of rotatable bonds is 14. The van der Waals surface area contributed by atoms with Crippen molar-refractivity contribution in [3.8, 4) is 0 Å². The molecule has 0 saturated carbocycles. The van der Waals surface area contributed by atoms with Crippen LogP contribution >= 0.6 is 0 Å². The van der Waals surface area contributed by atoms with E-state index in [1.54, 1.807) is 6.92 Å². The van der Waals surface area contributed by atoms with Crippen molar-refractivity contribution in [3.63, 3.8) is 0 Å². The second-order valence-electron chi connectivity index (χ2n) is 6.27. The van der Waals surface area contributed by atoms with Gasteiger partial charge in [-0.15, -0.1) is 0 Å². The Labute approximate surface area is 132 Å². The predicted molar refractivity (Wildman–Crippen MR) is 91.4 cm³/mol. The second kappa shape index (κ2) is 14.2. The molecule has 0 spiro atoms. The summed E-state index contributed by atoms with van der Waals surface area (Å²) in [5, 5.41) is 0. The van der Waals surface area contributed by atoms with Crippen molar-refractivity contribution in [1.82, 2.24) is 0 Å². The van der Waals surface area contributed by atoms with Gasteiger partial charge in [0.05, 0.1) is 6.61 Å². The lowest BCUT2D eigenvalue weighted by Crippen LogP contribution is -2.14. The summed E-state index contributed by atoms with van der Waals surface area (Å²) < 4.78 is 5.25. The monoisotopic (exact) mass is 296 g/mol. The van der Waals surface area contributed by atoms with E-state index in [1.807, 2.05) is 0 Å². The van der Waals surface area contributed by atoms with Crippen molar-refractivity contribution in [1.29, 1.82) is 0 Å². The highest BCUT2D eigenvalue weighted by Crippen LogP contribution is 2.16. The van der Waals surface area contributed by atoms with E-state index in [2.05, 4.69) is 20.4 Å². The lowest BCUT2D eigenvalue weighted by atomic mass is 9.98. The molecule has 1 unspecified atom stereocenters. The summed E-state index contributed by atoms with van der Waals surface area (Å²) >= 11 is 0. The normalized spacial score (nSPS) is 12.1. The Morgan fingerprint density at radius 3 is 1.95 bits per heavy atom. The first-order valence-corrected chi connectivity index (χ1v) is 8.94. The van der Waals surface area contributed by atoms with E-state index in [0.717, 1.165) is 6.42 Å². The molecule has 124 valence electrons. The molecule has 0 saturated heterocycles. The molecule has 0 bridgehead atoms. The average molecular weight is 296 g/mol. The van der Waals surface area contributed by atoms with Gasteiger partial charge in [-0.05, 0) is 19.3 Å². The summed E-state index contributed by atoms with van der Waals surface area (Å²) in [4.78, 5) is 11.4. The molecule has 1 atom stereocenters. The molecule has 0 aliphatic rings. The highest BCUT2D eigenvalue weighted by Gasteiger charge is 2.10. The van der Waals surface area contributed by atoms with Gasteiger partial charge in [0.15, 0.2) is 0 Å². The summed E-state index contributed by atoms with van der Waals surface area (Å²) in [5.74, 6) is 0.262. The molecule has 21 heavy (non-hydrogen) atoms. The highest BCUT2D eigenvalue weighted by atomic mass is 16.5. The van der Waals surface area contributed by atoms with Crippen molar-refractivity contribution in [2.75, 3.05) is 6.61 Å². The summed E-state index contributed by atoms with van der Waals surface area (Å²) in [7, 11) is 0. The smallest absolute Gasteiger partial charge is 0.333 e. The van der Waals surface area contributed by atoms with Crippen LogP contribution in [0.25, 0.3) is 0 Å². The quantitative estimate of drug-likeness (QED) is 0.221. The number of hydrogen-bond acceptors (Lipinski definition) is 2. The molecule has 0 radical (unpaired) electrons. The van der Waals surface area contributed by atoms with Crippen molar-refractivity contribution in [3.05, 3.63) is 12.2 Å². The van der Waals surface area contributed by atoms with E-state index >= 15 is 0 Å². The van der Waals surface area contributed by atoms with E-state index < -0.39 is 0 Å². The molecular formula is C19H36O2. The van der Waals surface area contributed by atoms with E-state index in [1.165, 1.54) is 64.2 Å². The third-order valence-electron chi connectivity index (χ3n) is 4.09. The minimum absolute atomic E-state index is 0.250. The maximum atomic E-state index is 11.4. The van der Waals surface area contributed by atoms with E-state index in [4.69, 9.17) is 4.74 Å². The van der Waals surface area contributed by atoms with E-state index in [0.29, 0.717) is 18.1 Å². The van der Waals surface area contributed by atoms with Crippen LogP contribution in [0.4, 0.5) is 0 Å². The van der Waals surface area contributed by atoms with Gasteiger partial charge in [0, 0.05) is 5.57 Å². The van der Waals surface area contributed by atoms with Gasteiger partial charge < -0.3 is 4.74 Å². The molecule has 0 amide bonds. The van der Waals surface area contributed by atoms with Crippen LogP contribution in [-0.4, -0.2) is 12.6 Å². The Bertz CT molecular complexity index is 271. The van der Waals surface area contributed by atoms with Crippen molar-refractivity contribution in [2.45, 2.75) is 91.4 Å². The first-order chi connectivity index (χ1) is 10.1. The number of hydrogen-bond donors (Lipinski definition) is 0. The molecule has 0 aliphatic carbocycles. The van der Waals surface area contributed by atoms with Gasteiger partial charge in [-0.25, -0.2) is 4.79 Å². The minimum atomic E-state index is -0.250. The van der Waals surface area contributed by atoms with Gasteiger partial charge in [-0.1, -0.05) is 84.6 Å². The third-order valence-corrected chi connectivity index (χ3v) is 4.09. The molecule has 0 aromatic rings. The number of ether oxygens (including phenoxy) is 1. The van der Waals surface area contributed by atoms with Crippen LogP contribution in [0, 0.1) is 5.92 Å². The molecule has 0 aliphatic heterocycles. The largest absolute Gasteiger partial charge is 0.462 e. The predicted octanol–water partition coefficient (Wildman–Crippen LogP) is 6.05. The van der Waals surface area contributed by atoms with Crippen LogP contribution in [0.15, 0.2) is 12.2 Å². The Hall–Kier alpha value is -0.790. The van der Waals surface area contributed by atoms with Crippen molar-refractivity contribution in [2.24, 2.45) is 5.92 Å². The van der Waals surface area contributed by atoms with Crippen LogP contribution in [-0.2, 0) is 9.53 Å². The number of carbonyl (C=O) groups excluding carboxylic acids is 1. The number of unbranched alkanes of at least 4 members (excludes halogenated alkanes) is 8. The SMILES string of the molecule is C=C(C)C(=O)OCC(CC)CCCCCCCCCCC. The second-order valence-corrected chi connectivity index (χ2v) is 6.27. The number of carbonyl (C=O) groups is 1. The van der Waals surface area contributed by atoms with Crippen LogP contribution in [0.3, 0.4) is 0 Å². The van der Waals surface area contributed by atoms with Crippen LogP contribution < -0.4 is 0 Å². The standard InChI is InChI=1S/C19H36O2/c1-5-7-8-9-10-11-12-13-14-15-18(6-2)16-21-19(20)17(3)4/h18H,3,5-16H2,1-2,4H3. The van der Waals surface area contributed by atoms with Gasteiger partial charge in [-0.2, -0.15) is 0 Å². The molecule has 2 heteroatoms. The first kappa shape index (κ1) is 20.2. The number of esters is 1. The molecule has 2 nitrogen and oxygen atoms in total. The Morgan fingerprint density at radius 2 is 1.48 bits per heavy atom. The Morgan fingerprint density at radius 1 is 0.952 bits per heavy atom. The first-order valence-electron chi connectivity index (χ1n) is 8.94. The lowest BCUT2D eigenvalue weighted by Gasteiger charge is -2.15. The Kier molecular flexibility index (Phi) is 13.6. The summed E-state index contributed by atoms with van der Waals surface area (Å²) in [6.07, 6.45) is 14.5. The fourth-order valence-electron chi connectivity index (χ4n) is 2.47. The molecule has 0 rings (SSSR count). The molecular weight excluding hydrogens is 260 g/mol. The van der Waals surface area contributed by atoms with Crippen LogP contribution in [0.2, 0.25) is 0 Å². The van der Waals surface area contributed by atoms with Gasteiger partial charge in [-0.3, -0.25) is 0 Å². The van der Waals surface area contributed by atoms with E-state index in [-0.39, 0.29) is 5.97 Å². The van der Waals surface area contributed by atoms with Crippen LogP contribution in [0.5, 0.6) is 0 Å². The zero-order valence-electron chi connectivity index (χ0n) is 14.6. The van der Waals surface area contributed by atoms with E-state index in [9.17, 15) is 4.79 Å². The Balaban J connectivity index is 3.46. The summed E-state index contributed by atoms with van der Waals surface area (Å²) in [6.45, 7) is 10.3. The highest BCUT2D eigenvalue weighted by molar-refractivity contribution is 5.86. The summed E-state index contributed by atoms with van der Waals surface area (Å²) in [5.41, 5.74) is 0.493. The molecule has 0 heterocycles. The maximum Gasteiger partial charge on any atom is 0.333 e. The lowest BCUT2D eigenvalue weighted by molar-refractivity contribution is -0.140.